The third-order valence-electron chi connectivity index (χ3n) is 6.05. The highest BCUT2D eigenvalue weighted by atomic mass is 16.4. The van der Waals surface area contributed by atoms with Crippen LogP contribution in [0.5, 0.6) is 0 Å². The van der Waals surface area contributed by atoms with Gasteiger partial charge in [0.25, 0.3) is 0 Å². The predicted octanol–water partition coefficient (Wildman–Crippen LogP) is 4.46. The van der Waals surface area contributed by atoms with Crippen molar-refractivity contribution in [3.8, 4) is 0 Å². The standard InChI is InChI=1S/C26H32N4O5/c1-17(16-24(32)33)9-14-23(31)30-15-5-8-22(30)25(34)27-19-10-12-20(13-11-19)28-26(35)29-21-7-4-3-6-18(21)2/h3-4,6-7,10-13,17,22H,5,8-9,14-16H2,1-2H3,(H,27,34)(H,32,33)(H2,28,29,35)/t17?,22-/m0/s1. The van der Waals surface area contributed by atoms with Gasteiger partial charge >= 0.3 is 12.0 Å². The Labute approximate surface area is 204 Å². The molecule has 4 amide bonds. The Balaban J connectivity index is 1.50. The van der Waals surface area contributed by atoms with E-state index in [-0.39, 0.29) is 36.6 Å². The Morgan fingerprint density at radius 1 is 1.00 bits per heavy atom. The fourth-order valence-corrected chi connectivity index (χ4v) is 4.11. The van der Waals surface area contributed by atoms with Gasteiger partial charge in [-0.15, -0.1) is 0 Å². The summed E-state index contributed by atoms with van der Waals surface area (Å²) in [5, 5.41) is 17.3. The van der Waals surface area contributed by atoms with E-state index >= 15 is 0 Å². The van der Waals surface area contributed by atoms with Gasteiger partial charge in [-0.3, -0.25) is 14.4 Å². The second-order valence-electron chi connectivity index (χ2n) is 8.95. The van der Waals surface area contributed by atoms with E-state index in [4.69, 9.17) is 5.11 Å². The maximum Gasteiger partial charge on any atom is 0.323 e. The number of anilines is 3. The number of rotatable bonds is 9. The van der Waals surface area contributed by atoms with Crippen molar-refractivity contribution in [1.29, 1.82) is 0 Å². The maximum absolute atomic E-state index is 12.8. The number of hydrogen-bond donors (Lipinski definition) is 4. The monoisotopic (exact) mass is 480 g/mol. The minimum Gasteiger partial charge on any atom is -0.481 e. The average molecular weight is 481 g/mol. The lowest BCUT2D eigenvalue weighted by atomic mass is 10.0. The van der Waals surface area contributed by atoms with Gasteiger partial charge in [0.2, 0.25) is 11.8 Å². The molecule has 9 heteroatoms. The molecule has 0 aromatic heterocycles. The number of amides is 4. The van der Waals surface area contributed by atoms with Crippen LogP contribution in [-0.2, 0) is 14.4 Å². The van der Waals surface area contributed by atoms with Crippen molar-refractivity contribution in [1.82, 2.24) is 4.90 Å². The molecule has 2 atom stereocenters. The van der Waals surface area contributed by atoms with E-state index in [1.165, 1.54) is 0 Å². The Kier molecular flexibility index (Phi) is 8.83. The smallest absolute Gasteiger partial charge is 0.323 e. The average Bonchev–Trinajstić information content (AvgIpc) is 3.30. The normalized spacial score (nSPS) is 15.8. The molecule has 9 nitrogen and oxygen atoms in total. The molecule has 0 bridgehead atoms. The first-order valence-electron chi connectivity index (χ1n) is 11.8. The van der Waals surface area contributed by atoms with E-state index in [0.29, 0.717) is 30.8 Å². The number of nitrogens with zero attached hydrogens (tertiary/aromatic N) is 1. The Hall–Kier alpha value is -3.88. The molecule has 1 aliphatic heterocycles. The summed E-state index contributed by atoms with van der Waals surface area (Å²) in [6.45, 7) is 4.23. The zero-order chi connectivity index (χ0) is 25.4. The van der Waals surface area contributed by atoms with E-state index in [9.17, 15) is 19.2 Å². The number of urea groups is 1. The topological polar surface area (TPSA) is 128 Å². The van der Waals surface area contributed by atoms with Crippen molar-refractivity contribution in [3.05, 3.63) is 54.1 Å². The fourth-order valence-electron chi connectivity index (χ4n) is 4.11. The molecule has 2 aromatic carbocycles. The lowest BCUT2D eigenvalue weighted by Crippen LogP contribution is -2.43. The van der Waals surface area contributed by atoms with E-state index in [1.54, 1.807) is 36.1 Å². The lowest BCUT2D eigenvalue weighted by molar-refractivity contribution is -0.139. The quantitative estimate of drug-likeness (QED) is 0.421. The SMILES string of the molecule is Cc1ccccc1NC(=O)Nc1ccc(NC(=O)[C@@H]2CCCN2C(=O)CCC(C)CC(=O)O)cc1. The van der Waals surface area contributed by atoms with Crippen molar-refractivity contribution in [3.63, 3.8) is 0 Å². The number of nitrogens with one attached hydrogen (secondary N) is 3. The van der Waals surface area contributed by atoms with Crippen molar-refractivity contribution >= 4 is 40.9 Å². The first-order valence-corrected chi connectivity index (χ1v) is 11.8. The first-order chi connectivity index (χ1) is 16.7. The molecule has 1 heterocycles. The molecule has 2 aromatic rings. The van der Waals surface area contributed by atoms with E-state index in [0.717, 1.165) is 17.7 Å². The summed E-state index contributed by atoms with van der Waals surface area (Å²) in [4.78, 5) is 50.2. The molecule has 3 rings (SSSR count). The van der Waals surface area contributed by atoms with Crippen LogP contribution in [0, 0.1) is 12.8 Å². The molecule has 0 aliphatic carbocycles. The van der Waals surface area contributed by atoms with Crippen molar-refractivity contribution in [2.24, 2.45) is 5.92 Å². The largest absolute Gasteiger partial charge is 0.481 e. The molecule has 1 unspecified atom stereocenters. The van der Waals surface area contributed by atoms with Crippen LogP contribution in [0.4, 0.5) is 21.9 Å². The van der Waals surface area contributed by atoms with Crippen LogP contribution in [0.15, 0.2) is 48.5 Å². The Bertz CT molecular complexity index is 1070. The minimum absolute atomic E-state index is 0.0234. The number of para-hydroxylation sites is 1. The minimum atomic E-state index is -0.878. The number of likely N-dealkylation sites (tertiary alicyclic amines) is 1. The summed E-state index contributed by atoms with van der Waals surface area (Å²) in [6, 6.07) is 13.3. The molecule has 4 N–H and O–H groups in total. The van der Waals surface area contributed by atoms with Crippen LogP contribution in [0.2, 0.25) is 0 Å². The molecule has 186 valence electrons. The van der Waals surface area contributed by atoms with E-state index in [2.05, 4.69) is 16.0 Å². The second-order valence-corrected chi connectivity index (χ2v) is 8.95. The van der Waals surface area contributed by atoms with Gasteiger partial charge < -0.3 is 26.0 Å². The zero-order valence-electron chi connectivity index (χ0n) is 20.0. The number of benzene rings is 2. The molecular weight excluding hydrogens is 448 g/mol. The number of aryl methyl sites for hydroxylation is 1. The number of aliphatic carboxylic acids is 1. The molecular formula is C26H32N4O5. The highest BCUT2D eigenvalue weighted by Crippen LogP contribution is 2.23. The lowest BCUT2D eigenvalue weighted by Gasteiger charge is -2.24. The van der Waals surface area contributed by atoms with Crippen LogP contribution < -0.4 is 16.0 Å². The van der Waals surface area contributed by atoms with Gasteiger partial charge in [0.1, 0.15) is 6.04 Å². The Morgan fingerprint density at radius 3 is 2.31 bits per heavy atom. The maximum atomic E-state index is 12.8. The summed E-state index contributed by atoms with van der Waals surface area (Å²) in [6.07, 6.45) is 2.05. The van der Waals surface area contributed by atoms with Crippen molar-refractivity contribution in [2.45, 2.75) is 52.0 Å². The molecule has 0 radical (unpaired) electrons. The number of carboxylic acid groups (broad SMARTS) is 1. The van der Waals surface area contributed by atoms with Crippen LogP contribution in [0.25, 0.3) is 0 Å². The van der Waals surface area contributed by atoms with E-state index in [1.807, 2.05) is 31.2 Å². The Morgan fingerprint density at radius 2 is 1.66 bits per heavy atom. The van der Waals surface area contributed by atoms with Gasteiger partial charge in [0.05, 0.1) is 0 Å². The number of hydrogen-bond acceptors (Lipinski definition) is 4. The summed E-state index contributed by atoms with van der Waals surface area (Å²) >= 11 is 0. The summed E-state index contributed by atoms with van der Waals surface area (Å²) < 4.78 is 0. The fraction of sp³-hybridized carbons (Fsp3) is 0.385. The number of carboxylic acids is 1. The van der Waals surface area contributed by atoms with Gasteiger partial charge in [-0.1, -0.05) is 25.1 Å². The molecule has 1 fully saturated rings. The van der Waals surface area contributed by atoms with Crippen molar-refractivity contribution < 1.29 is 24.3 Å². The highest BCUT2D eigenvalue weighted by molar-refractivity contribution is 6.01. The second kappa shape index (κ2) is 12.0. The molecule has 1 aliphatic rings. The highest BCUT2D eigenvalue weighted by Gasteiger charge is 2.34. The number of carbonyl (C=O) groups excluding carboxylic acids is 3. The zero-order valence-corrected chi connectivity index (χ0v) is 20.0. The number of carbonyl (C=O) groups is 4. The van der Waals surface area contributed by atoms with Gasteiger partial charge in [0.15, 0.2) is 0 Å². The summed E-state index contributed by atoms with van der Waals surface area (Å²) in [7, 11) is 0. The molecule has 0 spiro atoms. The molecule has 35 heavy (non-hydrogen) atoms. The van der Waals surface area contributed by atoms with Gasteiger partial charge in [-0.25, -0.2) is 4.79 Å². The first kappa shape index (κ1) is 25.7. The third kappa shape index (κ3) is 7.56. The van der Waals surface area contributed by atoms with Crippen LogP contribution >= 0.6 is 0 Å². The van der Waals surface area contributed by atoms with Gasteiger partial charge in [-0.05, 0) is 68.0 Å². The van der Waals surface area contributed by atoms with Crippen LogP contribution in [-0.4, -0.2) is 46.4 Å². The summed E-state index contributed by atoms with van der Waals surface area (Å²) in [5.74, 6) is -1.36. The third-order valence-corrected chi connectivity index (χ3v) is 6.05. The van der Waals surface area contributed by atoms with Crippen molar-refractivity contribution in [2.75, 3.05) is 22.5 Å². The molecule has 0 saturated carbocycles. The van der Waals surface area contributed by atoms with Gasteiger partial charge in [-0.2, -0.15) is 0 Å². The molecule has 1 saturated heterocycles. The van der Waals surface area contributed by atoms with Gasteiger partial charge in [0, 0.05) is 36.4 Å². The predicted molar refractivity (Wildman–Crippen MR) is 134 cm³/mol. The van der Waals surface area contributed by atoms with E-state index < -0.39 is 12.0 Å². The van der Waals surface area contributed by atoms with Crippen LogP contribution in [0.1, 0.15) is 44.6 Å². The summed E-state index contributed by atoms with van der Waals surface area (Å²) in [5.41, 5.74) is 2.81. The van der Waals surface area contributed by atoms with Crippen LogP contribution in [0.3, 0.4) is 0 Å².